The topological polar surface area (TPSA) is 212 Å². The van der Waals surface area contributed by atoms with Crippen molar-refractivity contribution in [2.45, 2.75) is 129 Å². The van der Waals surface area contributed by atoms with Crippen molar-refractivity contribution < 1.29 is 48.6 Å². The van der Waals surface area contributed by atoms with Gasteiger partial charge in [0.1, 0.15) is 30.2 Å². The maximum atomic E-state index is 13.8. The second kappa shape index (κ2) is 21.8. The monoisotopic (exact) mass is 729 g/mol. The number of phenols is 1. The number of unbranched alkanes of at least 4 members (excludes halogenated alkanes) is 7. The Balaban J connectivity index is 1.77. The normalized spacial score (nSPS) is 16.4. The first-order valence-electron chi connectivity index (χ1n) is 18.5. The minimum absolute atomic E-state index is 0.000658. The summed E-state index contributed by atoms with van der Waals surface area (Å²) >= 11 is 0. The zero-order valence-corrected chi connectivity index (χ0v) is 30.6. The van der Waals surface area contributed by atoms with E-state index in [1.807, 2.05) is 0 Å². The molecule has 288 valence electrons. The van der Waals surface area contributed by atoms with E-state index in [1.165, 1.54) is 13.0 Å². The molecule has 4 amide bonds. The Kier molecular flexibility index (Phi) is 17.5. The van der Waals surface area contributed by atoms with Crippen LogP contribution in [0.4, 0.5) is 0 Å². The van der Waals surface area contributed by atoms with Crippen LogP contribution in [0.1, 0.15) is 121 Å². The van der Waals surface area contributed by atoms with Crippen molar-refractivity contribution in [3.63, 3.8) is 0 Å². The van der Waals surface area contributed by atoms with Crippen molar-refractivity contribution in [1.82, 2.24) is 25.7 Å². The van der Waals surface area contributed by atoms with Gasteiger partial charge in [-0.1, -0.05) is 64.5 Å². The van der Waals surface area contributed by atoms with Crippen LogP contribution in [-0.2, 0) is 23.9 Å². The van der Waals surface area contributed by atoms with E-state index in [-0.39, 0.29) is 42.4 Å². The second-order valence-electron chi connectivity index (χ2n) is 13.4. The lowest BCUT2D eigenvalue weighted by molar-refractivity contribution is -0.167. The number of oxazole rings is 1. The molecule has 2 aromatic rings. The van der Waals surface area contributed by atoms with Crippen LogP contribution in [-0.4, -0.2) is 91.5 Å². The molecule has 4 atom stereocenters. The second-order valence-corrected chi connectivity index (χ2v) is 13.4. The molecule has 1 aliphatic rings. The molecule has 5 N–H and O–H groups in total. The number of esters is 1. The van der Waals surface area contributed by atoms with Crippen molar-refractivity contribution in [3.05, 3.63) is 36.2 Å². The molecule has 1 saturated heterocycles. The molecule has 0 unspecified atom stereocenters. The predicted octanol–water partition coefficient (Wildman–Crippen LogP) is 5.13. The number of ether oxygens (including phenoxy) is 1. The van der Waals surface area contributed by atoms with Crippen LogP contribution < -0.4 is 10.6 Å². The molecule has 15 heteroatoms. The number of hydrogen-bond acceptors (Lipinski definition) is 11. The number of phenolic OH excluding ortho intramolecular Hbond substituents is 1. The van der Waals surface area contributed by atoms with Gasteiger partial charge in [-0.05, 0) is 63.5 Å². The smallest absolute Gasteiger partial charge is 0.328 e. The average molecular weight is 730 g/mol. The van der Waals surface area contributed by atoms with E-state index in [1.54, 1.807) is 25.1 Å². The van der Waals surface area contributed by atoms with Gasteiger partial charge >= 0.3 is 5.97 Å². The van der Waals surface area contributed by atoms with Crippen LogP contribution in [0.2, 0.25) is 0 Å². The molecule has 0 spiro atoms. The number of aromatic nitrogens is 1. The lowest BCUT2D eigenvalue weighted by atomic mass is 9.96. The third kappa shape index (κ3) is 13.2. The summed E-state index contributed by atoms with van der Waals surface area (Å²) in [6.07, 6.45) is 9.92. The van der Waals surface area contributed by atoms with Crippen molar-refractivity contribution in [1.29, 1.82) is 0 Å². The molecule has 1 aromatic heterocycles. The third-order valence-electron chi connectivity index (χ3n) is 9.25. The van der Waals surface area contributed by atoms with Gasteiger partial charge < -0.3 is 24.9 Å². The van der Waals surface area contributed by atoms with Gasteiger partial charge in [-0.15, -0.1) is 0 Å². The van der Waals surface area contributed by atoms with E-state index in [2.05, 4.69) is 22.5 Å². The highest BCUT2D eigenvalue weighted by molar-refractivity contribution is 5.95. The number of nitrogens with one attached hydrogen (secondary N) is 2. The van der Waals surface area contributed by atoms with Gasteiger partial charge in [0.15, 0.2) is 5.69 Å². The van der Waals surface area contributed by atoms with Crippen molar-refractivity contribution in [2.75, 3.05) is 13.1 Å². The first-order chi connectivity index (χ1) is 24.9. The summed E-state index contributed by atoms with van der Waals surface area (Å²) in [5.74, 6) is -4.11. The molecule has 52 heavy (non-hydrogen) atoms. The van der Waals surface area contributed by atoms with Crippen LogP contribution in [0.25, 0.3) is 11.5 Å². The Bertz CT molecular complexity index is 1470. The van der Waals surface area contributed by atoms with Crippen LogP contribution in [0, 0.1) is 5.92 Å². The van der Waals surface area contributed by atoms with E-state index in [9.17, 15) is 39.5 Å². The molecule has 2 heterocycles. The lowest BCUT2D eigenvalue weighted by Crippen LogP contribution is -2.50. The summed E-state index contributed by atoms with van der Waals surface area (Å²) in [7, 11) is 0. The van der Waals surface area contributed by atoms with Gasteiger partial charge in [0.05, 0.1) is 11.5 Å². The molecule has 0 bridgehead atoms. The molecular weight excluding hydrogens is 674 g/mol. The number of hydroxylamine groups is 4. The highest BCUT2D eigenvalue weighted by atomic mass is 16.5. The molecule has 15 nitrogen and oxygen atoms in total. The minimum Gasteiger partial charge on any atom is -0.507 e. The quantitative estimate of drug-likeness (QED) is 0.0492. The van der Waals surface area contributed by atoms with Crippen LogP contribution >= 0.6 is 0 Å². The summed E-state index contributed by atoms with van der Waals surface area (Å²) in [4.78, 5) is 69.0. The predicted molar refractivity (Wildman–Crippen MR) is 189 cm³/mol. The molecule has 3 rings (SSSR count). The summed E-state index contributed by atoms with van der Waals surface area (Å²) in [5, 5.41) is 36.6. The summed E-state index contributed by atoms with van der Waals surface area (Å²) in [6, 6.07) is 4.22. The van der Waals surface area contributed by atoms with Gasteiger partial charge in [0.2, 0.25) is 17.7 Å². The molecule has 1 aliphatic heterocycles. The SMILES string of the molecule is CCCCCCCCC[C@@H](OC(=O)[C@@H](CCCCN(O)C(C)=O)NC(=O)c1coc(-c2ccccc2O)n1)[C@H](C)C(=O)N[C@H]1CCCCN(O)C1=O. The Hall–Kier alpha value is -4.50. The number of carbonyl (C=O) groups excluding carboxylic acids is 5. The number of amides is 4. The van der Waals surface area contributed by atoms with Crippen molar-refractivity contribution in [2.24, 2.45) is 5.92 Å². The number of benzene rings is 1. The van der Waals surface area contributed by atoms with Crippen LogP contribution in [0.5, 0.6) is 5.75 Å². The minimum atomic E-state index is -1.19. The number of aromatic hydroxyl groups is 1. The fraction of sp³-hybridized carbons (Fsp3) is 0.622. The average Bonchev–Trinajstić information content (AvgIpc) is 3.56. The number of rotatable bonds is 21. The summed E-state index contributed by atoms with van der Waals surface area (Å²) in [6.45, 7) is 5.18. The molecule has 0 saturated carbocycles. The van der Waals surface area contributed by atoms with E-state index in [0.29, 0.717) is 55.1 Å². The number of carbonyl (C=O) groups is 5. The van der Waals surface area contributed by atoms with E-state index in [0.717, 1.165) is 44.8 Å². The zero-order valence-electron chi connectivity index (χ0n) is 30.6. The molecule has 1 fully saturated rings. The number of hydrogen-bond donors (Lipinski definition) is 5. The summed E-state index contributed by atoms with van der Waals surface area (Å²) < 4.78 is 11.4. The van der Waals surface area contributed by atoms with E-state index in [4.69, 9.17) is 9.15 Å². The first kappa shape index (κ1) is 41.9. The lowest BCUT2D eigenvalue weighted by Gasteiger charge is -2.28. The maximum absolute atomic E-state index is 13.8. The van der Waals surface area contributed by atoms with Gasteiger partial charge in [-0.25, -0.2) is 19.9 Å². The van der Waals surface area contributed by atoms with Gasteiger partial charge in [0, 0.05) is 20.0 Å². The van der Waals surface area contributed by atoms with Gasteiger partial charge in [-0.3, -0.25) is 29.6 Å². The molecular formula is C37H55N5O10. The largest absolute Gasteiger partial charge is 0.507 e. The van der Waals surface area contributed by atoms with Gasteiger partial charge in [-0.2, -0.15) is 0 Å². The Morgan fingerprint density at radius 3 is 2.44 bits per heavy atom. The number of nitrogens with zero attached hydrogens (tertiary/aromatic N) is 3. The fourth-order valence-corrected chi connectivity index (χ4v) is 5.98. The molecule has 0 radical (unpaired) electrons. The third-order valence-corrected chi connectivity index (χ3v) is 9.25. The zero-order chi connectivity index (χ0) is 38.0. The highest BCUT2D eigenvalue weighted by Gasteiger charge is 2.34. The first-order valence-corrected chi connectivity index (χ1v) is 18.5. The Morgan fingerprint density at radius 2 is 1.73 bits per heavy atom. The van der Waals surface area contributed by atoms with Gasteiger partial charge in [0.25, 0.3) is 11.8 Å². The number of para-hydroxylation sites is 1. The van der Waals surface area contributed by atoms with Crippen molar-refractivity contribution >= 4 is 29.6 Å². The molecule has 1 aromatic carbocycles. The standard InChI is InChI=1S/C37H55N5O10/c1-4-5-6-7-8-9-10-21-32(25(2)33(45)38-28-18-13-16-23-42(50)36(28)47)52-37(48)29(19-14-15-22-41(49)26(3)43)39-34(46)30-24-51-35(40-30)27-17-11-12-20-31(27)44/h11-12,17,20,24-25,28-29,32,44,49-50H,4-10,13-16,18-19,21-23H2,1-3H3,(H,38,45)(H,39,46)/t25-,28-,29+,32+/m0/s1. The Labute approximate surface area is 305 Å². The fourth-order valence-electron chi connectivity index (χ4n) is 5.98. The van der Waals surface area contributed by atoms with Crippen LogP contribution in [0.15, 0.2) is 34.9 Å². The summed E-state index contributed by atoms with van der Waals surface area (Å²) in [5.41, 5.74) is 0.127. The highest BCUT2D eigenvalue weighted by Crippen LogP contribution is 2.28. The Morgan fingerprint density at radius 1 is 1.04 bits per heavy atom. The van der Waals surface area contributed by atoms with Crippen LogP contribution in [0.3, 0.4) is 0 Å². The molecule has 0 aliphatic carbocycles. The van der Waals surface area contributed by atoms with E-state index < -0.39 is 53.7 Å². The van der Waals surface area contributed by atoms with Crippen molar-refractivity contribution in [3.8, 4) is 17.2 Å². The maximum Gasteiger partial charge on any atom is 0.328 e. The van der Waals surface area contributed by atoms with E-state index >= 15 is 0 Å².